The summed E-state index contributed by atoms with van der Waals surface area (Å²) in [6, 6.07) is 0. The number of hydrogen-bond acceptors (Lipinski definition) is 4. The van der Waals surface area contributed by atoms with E-state index in [0.29, 0.717) is 36.4 Å². The van der Waals surface area contributed by atoms with Crippen LogP contribution in [0.4, 0.5) is 0 Å². The molecule has 138 valence electrons. The van der Waals surface area contributed by atoms with Crippen molar-refractivity contribution in [2.24, 2.45) is 33.6 Å². The molecule has 0 heterocycles. The summed E-state index contributed by atoms with van der Waals surface area (Å²) in [7, 11) is 0. The van der Waals surface area contributed by atoms with Gasteiger partial charge in [0.2, 0.25) is 0 Å². The zero-order valence-electron chi connectivity index (χ0n) is 15.8. The van der Waals surface area contributed by atoms with Gasteiger partial charge in [0, 0.05) is 12.8 Å². The summed E-state index contributed by atoms with van der Waals surface area (Å²) in [6.07, 6.45) is 8.55. The van der Waals surface area contributed by atoms with Crippen LogP contribution in [0, 0.1) is 28.6 Å². The number of aliphatic hydroxyl groups is 1. The van der Waals surface area contributed by atoms with E-state index in [0.717, 1.165) is 44.9 Å². The maximum absolute atomic E-state index is 12.3. The smallest absolute Gasteiger partial charge is 0.135 e. The summed E-state index contributed by atoms with van der Waals surface area (Å²) in [4.78, 5) is 16.9. The molecule has 0 spiro atoms. The van der Waals surface area contributed by atoms with Crippen molar-refractivity contribution >= 4 is 23.2 Å². The lowest BCUT2D eigenvalue weighted by molar-refractivity contribution is -0.157. The second-order valence-electron chi connectivity index (χ2n) is 10.1. The third-order valence-electron chi connectivity index (χ3n) is 9.44. The van der Waals surface area contributed by atoms with E-state index in [4.69, 9.17) is 12.2 Å². The van der Waals surface area contributed by atoms with Gasteiger partial charge in [-0.2, -0.15) is 0 Å². The summed E-state index contributed by atoms with van der Waals surface area (Å²) in [5.74, 6) is 2.19. The van der Waals surface area contributed by atoms with Gasteiger partial charge >= 0.3 is 0 Å². The van der Waals surface area contributed by atoms with Crippen molar-refractivity contribution in [1.29, 1.82) is 0 Å². The minimum Gasteiger partial charge on any atom is -0.390 e. The van der Waals surface area contributed by atoms with Gasteiger partial charge in [-0.15, -0.1) is 0 Å². The number of thiocarbonyl (C=S) groups is 1. The van der Waals surface area contributed by atoms with Crippen LogP contribution in [0.25, 0.3) is 0 Å². The number of nitrogens with zero attached hydrogens (tertiary/aromatic N) is 1. The molecule has 4 aliphatic rings. The topological polar surface area (TPSA) is 49.7 Å². The minimum atomic E-state index is -0.535. The van der Waals surface area contributed by atoms with Crippen LogP contribution in [0.5, 0.6) is 0 Å². The van der Waals surface area contributed by atoms with Gasteiger partial charge in [-0.1, -0.05) is 13.8 Å². The summed E-state index contributed by atoms with van der Waals surface area (Å²) >= 11 is 4.99. The zero-order valence-corrected chi connectivity index (χ0v) is 16.6. The molecule has 1 N–H and O–H groups in total. The van der Waals surface area contributed by atoms with Crippen molar-refractivity contribution in [3.05, 3.63) is 0 Å². The fourth-order valence-corrected chi connectivity index (χ4v) is 7.77. The predicted octanol–water partition coefficient (Wildman–Crippen LogP) is 4.57. The monoisotopic (exact) mass is 361 g/mol. The zero-order chi connectivity index (χ0) is 18.1. The van der Waals surface area contributed by atoms with Gasteiger partial charge in [0.05, 0.1) is 16.3 Å². The fourth-order valence-electron chi connectivity index (χ4n) is 7.59. The van der Waals surface area contributed by atoms with E-state index in [-0.39, 0.29) is 16.4 Å². The molecule has 0 aromatic rings. The van der Waals surface area contributed by atoms with Crippen LogP contribution in [-0.4, -0.2) is 27.2 Å². The van der Waals surface area contributed by atoms with Crippen molar-refractivity contribution in [3.63, 3.8) is 0 Å². The molecule has 7 atom stereocenters. The van der Waals surface area contributed by atoms with Crippen molar-refractivity contribution in [2.45, 2.75) is 89.7 Å². The van der Waals surface area contributed by atoms with Crippen LogP contribution in [-0.2, 0) is 4.79 Å². The van der Waals surface area contributed by atoms with Crippen LogP contribution >= 0.6 is 12.2 Å². The van der Waals surface area contributed by atoms with Crippen LogP contribution in [0.2, 0.25) is 0 Å². The molecule has 4 saturated carbocycles. The van der Waals surface area contributed by atoms with Crippen molar-refractivity contribution in [3.8, 4) is 0 Å². The largest absolute Gasteiger partial charge is 0.390 e. The van der Waals surface area contributed by atoms with Gasteiger partial charge in [-0.3, -0.25) is 4.79 Å². The maximum Gasteiger partial charge on any atom is 0.135 e. The molecule has 25 heavy (non-hydrogen) atoms. The number of carbonyl (C=O) groups excluding carboxylic acids is 1. The Hall–Kier alpha value is -0.570. The number of carbonyl (C=O) groups is 1. The molecule has 0 saturated heterocycles. The Morgan fingerprint density at radius 1 is 1.04 bits per heavy atom. The first-order valence-electron chi connectivity index (χ1n) is 10.0. The Morgan fingerprint density at radius 2 is 1.72 bits per heavy atom. The number of isothiocyanates is 1. The third kappa shape index (κ3) is 2.17. The molecule has 0 amide bonds. The summed E-state index contributed by atoms with van der Waals surface area (Å²) < 4.78 is 0. The highest BCUT2D eigenvalue weighted by molar-refractivity contribution is 7.78. The molecule has 0 radical (unpaired) electrons. The number of hydrogen-bond donors (Lipinski definition) is 1. The molecule has 4 aliphatic carbocycles. The Morgan fingerprint density at radius 3 is 2.44 bits per heavy atom. The van der Waals surface area contributed by atoms with Crippen molar-refractivity contribution < 1.29 is 9.90 Å². The SMILES string of the molecule is C[C@]1(O)CC[C@H]2[C@@H]3CCC4(N=C=S)CC(=O)CC[C@]4(C)[C@H]3CC[C@@]21C. The van der Waals surface area contributed by atoms with Crippen LogP contribution < -0.4 is 0 Å². The lowest BCUT2D eigenvalue weighted by Gasteiger charge is -2.63. The number of fused-ring (bicyclic) bond motifs is 5. The Balaban J connectivity index is 1.73. The molecule has 0 aromatic carbocycles. The molecule has 1 unspecified atom stereocenters. The number of ketones is 1. The summed E-state index contributed by atoms with van der Waals surface area (Å²) in [5, 5.41) is 13.7. The van der Waals surface area contributed by atoms with E-state index >= 15 is 0 Å². The van der Waals surface area contributed by atoms with Gasteiger partial charge in [-0.05, 0) is 92.7 Å². The van der Waals surface area contributed by atoms with Gasteiger partial charge < -0.3 is 5.11 Å². The summed E-state index contributed by atoms with van der Waals surface area (Å²) in [6.45, 7) is 6.75. The lowest BCUT2D eigenvalue weighted by atomic mass is 9.42. The van der Waals surface area contributed by atoms with Crippen LogP contribution in [0.1, 0.15) is 78.6 Å². The molecule has 4 fully saturated rings. The van der Waals surface area contributed by atoms with Gasteiger partial charge in [0.25, 0.3) is 0 Å². The molecule has 4 rings (SSSR count). The average Bonchev–Trinajstić information content (AvgIpc) is 2.79. The number of rotatable bonds is 1. The molecule has 0 aromatic heterocycles. The van der Waals surface area contributed by atoms with E-state index in [1.54, 1.807) is 0 Å². The number of Topliss-reactive ketones (excluding diaryl/α,β-unsaturated/α-hetero) is 1. The molecular weight excluding hydrogens is 330 g/mol. The average molecular weight is 362 g/mol. The van der Waals surface area contributed by atoms with Crippen LogP contribution in [0.15, 0.2) is 4.99 Å². The highest BCUT2D eigenvalue weighted by Crippen LogP contribution is 2.69. The Kier molecular flexibility index (Phi) is 3.90. The van der Waals surface area contributed by atoms with E-state index in [9.17, 15) is 9.90 Å². The molecular formula is C21H31NO2S. The number of aliphatic imine (C=N–C) groups is 1. The highest BCUT2D eigenvalue weighted by Gasteiger charge is 2.66. The van der Waals surface area contributed by atoms with Gasteiger partial charge in [-0.25, -0.2) is 4.99 Å². The fraction of sp³-hybridized carbons (Fsp3) is 0.905. The second kappa shape index (κ2) is 5.47. The van der Waals surface area contributed by atoms with E-state index in [1.807, 2.05) is 0 Å². The molecule has 4 heteroatoms. The standard InChI is InChI=1S/C21H31NO2S/c1-18-9-6-17-15(16(18)7-10-20(18,3)24)5-11-21(22-13-25)12-14(23)4-8-19(17,21)2/h15-17,24H,4-12H2,1-3H3/t15-,16-,17-,18-,19+,20-,21?/m0/s1. The predicted molar refractivity (Wildman–Crippen MR) is 102 cm³/mol. The molecule has 0 aliphatic heterocycles. The minimum absolute atomic E-state index is 0.0441. The van der Waals surface area contributed by atoms with E-state index in [2.05, 4.69) is 30.9 Å². The molecule has 0 bridgehead atoms. The highest BCUT2D eigenvalue weighted by atomic mass is 32.1. The van der Waals surface area contributed by atoms with Gasteiger partial charge in [0.15, 0.2) is 0 Å². The lowest BCUT2D eigenvalue weighted by Crippen LogP contribution is -2.62. The summed E-state index contributed by atoms with van der Waals surface area (Å²) in [5.41, 5.74) is -0.763. The van der Waals surface area contributed by atoms with Crippen molar-refractivity contribution in [2.75, 3.05) is 0 Å². The Bertz CT molecular complexity index is 654. The van der Waals surface area contributed by atoms with Crippen LogP contribution in [0.3, 0.4) is 0 Å². The normalized spacial score (nSPS) is 54.9. The van der Waals surface area contributed by atoms with E-state index in [1.165, 1.54) is 0 Å². The second-order valence-corrected chi connectivity index (χ2v) is 10.2. The molecule has 3 nitrogen and oxygen atoms in total. The first-order valence-corrected chi connectivity index (χ1v) is 10.4. The first-order chi connectivity index (χ1) is 11.7. The van der Waals surface area contributed by atoms with E-state index < -0.39 is 5.60 Å². The van der Waals surface area contributed by atoms with Gasteiger partial charge in [0.1, 0.15) is 5.78 Å². The first kappa shape index (κ1) is 17.8. The Labute approximate surface area is 156 Å². The third-order valence-corrected chi connectivity index (χ3v) is 9.54. The quantitative estimate of drug-likeness (QED) is 0.549. The maximum atomic E-state index is 12.3. The van der Waals surface area contributed by atoms with Crippen molar-refractivity contribution in [1.82, 2.24) is 0 Å².